The Morgan fingerprint density at radius 2 is 2.05 bits per heavy atom. The van der Waals surface area contributed by atoms with Crippen LogP contribution in [0.5, 0.6) is 0 Å². The molecule has 2 heterocycles. The van der Waals surface area contributed by atoms with E-state index in [1.54, 1.807) is 24.4 Å². The van der Waals surface area contributed by atoms with Crippen LogP contribution in [0.25, 0.3) is 11.3 Å². The molecular formula is C15H16FN3. The van der Waals surface area contributed by atoms with E-state index in [4.69, 9.17) is 0 Å². The van der Waals surface area contributed by atoms with Crippen LogP contribution in [0.2, 0.25) is 0 Å². The van der Waals surface area contributed by atoms with E-state index in [2.05, 4.69) is 15.3 Å². The maximum Gasteiger partial charge on any atom is 0.145 e. The van der Waals surface area contributed by atoms with Gasteiger partial charge in [-0.3, -0.25) is 0 Å². The molecule has 0 amide bonds. The van der Waals surface area contributed by atoms with Crippen molar-refractivity contribution < 1.29 is 4.39 Å². The van der Waals surface area contributed by atoms with Gasteiger partial charge in [0.05, 0.1) is 11.7 Å². The van der Waals surface area contributed by atoms with Crippen LogP contribution in [0.15, 0.2) is 36.5 Å². The summed E-state index contributed by atoms with van der Waals surface area (Å²) in [6.07, 6.45) is 5.13. The zero-order valence-electron chi connectivity index (χ0n) is 10.6. The van der Waals surface area contributed by atoms with Crippen molar-refractivity contribution in [3.05, 3.63) is 48.2 Å². The lowest BCUT2D eigenvalue weighted by molar-refractivity contribution is 0.397. The number of halogens is 1. The molecule has 1 atom stereocenters. The van der Waals surface area contributed by atoms with Crippen LogP contribution in [0.4, 0.5) is 4.39 Å². The summed E-state index contributed by atoms with van der Waals surface area (Å²) in [4.78, 5) is 8.84. The Bertz CT molecular complexity index is 565. The summed E-state index contributed by atoms with van der Waals surface area (Å²) in [6, 6.07) is 8.65. The van der Waals surface area contributed by atoms with E-state index < -0.39 is 0 Å². The Hall–Kier alpha value is -1.81. The highest BCUT2D eigenvalue weighted by Crippen LogP contribution is 2.24. The van der Waals surface area contributed by atoms with E-state index in [0.29, 0.717) is 11.3 Å². The van der Waals surface area contributed by atoms with Crippen molar-refractivity contribution >= 4 is 0 Å². The standard InChI is InChI=1S/C15H16FN3/c16-12-6-2-1-5-11(12)13-8-10-18-15(19-13)14-7-3-4-9-17-14/h1-2,5-6,8,10,14,17H,3-4,7,9H2. The van der Waals surface area contributed by atoms with E-state index in [1.807, 2.05) is 6.07 Å². The molecule has 3 nitrogen and oxygen atoms in total. The first-order valence-electron chi connectivity index (χ1n) is 6.66. The normalized spacial score (nSPS) is 19.3. The van der Waals surface area contributed by atoms with E-state index in [1.165, 1.54) is 18.9 Å². The molecule has 0 radical (unpaired) electrons. The minimum atomic E-state index is -0.247. The number of hydrogen-bond acceptors (Lipinski definition) is 3. The molecule has 1 unspecified atom stereocenters. The molecule has 4 heteroatoms. The number of hydrogen-bond donors (Lipinski definition) is 1. The van der Waals surface area contributed by atoms with Crippen molar-refractivity contribution in [2.75, 3.05) is 6.54 Å². The van der Waals surface area contributed by atoms with Crippen LogP contribution in [-0.4, -0.2) is 16.5 Å². The van der Waals surface area contributed by atoms with Crippen LogP contribution in [0.3, 0.4) is 0 Å². The molecule has 1 aliphatic rings. The van der Waals surface area contributed by atoms with Gasteiger partial charge in [0.15, 0.2) is 0 Å². The molecule has 1 aliphatic heterocycles. The molecule has 0 spiro atoms. The highest BCUT2D eigenvalue weighted by atomic mass is 19.1. The van der Waals surface area contributed by atoms with Gasteiger partial charge >= 0.3 is 0 Å². The average molecular weight is 257 g/mol. The predicted molar refractivity (Wildman–Crippen MR) is 72.0 cm³/mol. The van der Waals surface area contributed by atoms with E-state index in [9.17, 15) is 4.39 Å². The summed E-state index contributed by atoms with van der Waals surface area (Å²) < 4.78 is 13.8. The largest absolute Gasteiger partial charge is 0.307 e. The van der Waals surface area contributed by atoms with Crippen LogP contribution in [0, 0.1) is 5.82 Å². The van der Waals surface area contributed by atoms with Gasteiger partial charge in [0.25, 0.3) is 0 Å². The molecule has 0 aliphatic carbocycles. The topological polar surface area (TPSA) is 37.8 Å². The molecule has 3 rings (SSSR count). The average Bonchev–Trinajstić information content (AvgIpc) is 2.49. The van der Waals surface area contributed by atoms with Gasteiger partial charge < -0.3 is 5.32 Å². The summed E-state index contributed by atoms with van der Waals surface area (Å²) in [5.74, 6) is 0.518. The molecule has 19 heavy (non-hydrogen) atoms. The third-order valence-corrected chi connectivity index (χ3v) is 3.45. The summed E-state index contributed by atoms with van der Waals surface area (Å²) in [5.41, 5.74) is 1.18. The van der Waals surface area contributed by atoms with Crippen LogP contribution in [0.1, 0.15) is 31.1 Å². The van der Waals surface area contributed by atoms with Gasteiger partial charge in [0, 0.05) is 11.8 Å². The molecule has 1 aromatic carbocycles. The molecule has 0 bridgehead atoms. The number of nitrogens with one attached hydrogen (secondary N) is 1. The van der Waals surface area contributed by atoms with Gasteiger partial charge in [-0.1, -0.05) is 18.6 Å². The Balaban J connectivity index is 1.93. The fourth-order valence-electron chi connectivity index (χ4n) is 2.43. The predicted octanol–water partition coefficient (Wildman–Crippen LogP) is 3.10. The van der Waals surface area contributed by atoms with Gasteiger partial charge in [-0.25, -0.2) is 14.4 Å². The molecule has 1 aromatic heterocycles. The molecule has 1 N–H and O–H groups in total. The minimum Gasteiger partial charge on any atom is -0.307 e. The third kappa shape index (κ3) is 2.63. The highest BCUT2D eigenvalue weighted by molar-refractivity contribution is 5.59. The first-order valence-corrected chi connectivity index (χ1v) is 6.66. The zero-order valence-corrected chi connectivity index (χ0v) is 10.6. The first kappa shape index (κ1) is 12.2. The smallest absolute Gasteiger partial charge is 0.145 e. The van der Waals surface area contributed by atoms with Crippen LogP contribution in [-0.2, 0) is 0 Å². The molecule has 98 valence electrons. The quantitative estimate of drug-likeness (QED) is 0.898. The summed E-state index contributed by atoms with van der Waals surface area (Å²) in [5, 5.41) is 3.41. The van der Waals surface area contributed by atoms with Gasteiger partial charge in [0.2, 0.25) is 0 Å². The fraction of sp³-hybridized carbons (Fsp3) is 0.333. The van der Waals surface area contributed by atoms with Crippen molar-refractivity contribution in [3.63, 3.8) is 0 Å². The van der Waals surface area contributed by atoms with Crippen LogP contribution >= 0.6 is 0 Å². The molecule has 2 aromatic rings. The lowest BCUT2D eigenvalue weighted by atomic mass is 10.0. The maximum absolute atomic E-state index is 13.8. The fourth-order valence-corrected chi connectivity index (χ4v) is 2.43. The van der Waals surface area contributed by atoms with Crippen molar-refractivity contribution in [2.45, 2.75) is 25.3 Å². The minimum absolute atomic E-state index is 0.195. The second kappa shape index (κ2) is 5.45. The van der Waals surface area contributed by atoms with Gasteiger partial charge in [-0.2, -0.15) is 0 Å². The van der Waals surface area contributed by atoms with Gasteiger partial charge in [-0.15, -0.1) is 0 Å². The number of rotatable bonds is 2. The van der Waals surface area contributed by atoms with E-state index >= 15 is 0 Å². The van der Waals surface area contributed by atoms with Crippen LogP contribution < -0.4 is 5.32 Å². The molecule has 1 fully saturated rings. The zero-order chi connectivity index (χ0) is 13.1. The second-order valence-electron chi connectivity index (χ2n) is 4.78. The van der Waals surface area contributed by atoms with E-state index in [0.717, 1.165) is 18.8 Å². The van der Waals surface area contributed by atoms with Crippen molar-refractivity contribution in [1.29, 1.82) is 0 Å². The number of benzene rings is 1. The second-order valence-corrected chi connectivity index (χ2v) is 4.78. The number of aromatic nitrogens is 2. The Labute approximate surface area is 111 Å². The lowest BCUT2D eigenvalue weighted by Gasteiger charge is -2.22. The Morgan fingerprint density at radius 1 is 1.16 bits per heavy atom. The molecule has 1 saturated heterocycles. The monoisotopic (exact) mass is 257 g/mol. The summed E-state index contributed by atoms with van der Waals surface area (Å²) >= 11 is 0. The highest BCUT2D eigenvalue weighted by Gasteiger charge is 2.18. The molecular weight excluding hydrogens is 241 g/mol. The number of nitrogens with zero attached hydrogens (tertiary/aromatic N) is 2. The Morgan fingerprint density at radius 3 is 2.84 bits per heavy atom. The summed E-state index contributed by atoms with van der Waals surface area (Å²) in [7, 11) is 0. The van der Waals surface area contributed by atoms with Crippen molar-refractivity contribution in [1.82, 2.24) is 15.3 Å². The van der Waals surface area contributed by atoms with Gasteiger partial charge in [-0.05, 0) is 37.6 Å². The van der Waals surface area contributed by atoms with Gasteiger partial charge in [0.1, 0.15) is 11.6 Å². The maximum atomic E-state index is 13.8. The lowest BCUT2D eigenvalue weighted by Crippen LogP contribution is -2.28. The van der Waals surface area contributed by atoms with E-state index in [-0.39, 0.29) is 11.9 Å². The number of piperidine rings is 1. The Kier molecular flexibility index (Phi) is 3.51. The van der Waals surface area contributed by atoms with Crippen molar-refractivity contribution in [3.8, 4) is 11.3 Å². The SMILES string of the molecule is Fc1ccccc1-c1ccnc(C2CCCCN2)n1. The first-order chi connectivity index (χ1) is 9.34. The molecule has 0 saturated carbocycles. The third-order valence-electron chi connectivity index (χ3n) is 3.45. The van der Waals surface area contributed by atoms with Crippen molar-refractivity contribution in [2.24, 2.45) is 0 Å². The summed E-state index contributed by atoms with van der Waals surface area (Å²) in [6.45, 7) is 0.998.